The van der Waals surface area contributed by atoms with Gasteiger partial charge in [0.15, 0.2) is 16.5 Å². The van der Waals surface area contributed by atoms with E-state index < -0.39 is 0 Å². The molecule has 1 fully saturated rings. The smallest absolute Gasteiger partial charge is 0.170 e. The Balaban J connectivity index is 1.62. The Morgan fingerprint density at radius 3 is 2.72 bits per heavy atom. The van der Waals surface area contributed by atoms with Gasteiger partial charge >= 0.3 is 0 Å². The lowest BCUT2D eigenvalue weighted by atomic mass is 9.91. The third-order valence-electron chi connectivity index (χ3n) is 4.62. The fourth-order valence-electron chi connectivity index (χ4n) is 3.27. The van der Waals surface area contributed by atoms with Crippen LogP contribution in [-0.2, 0) is 0 Å². The van der Waals surface area contributed by atoms with Crippen LogP contribution in [0.3, 0.4) is 0 Å². The van der Waals surface area contributed by atoms with Crippen LogP contribution in [0.15, 0.2) is 18.5 Å². The number of nitrogens with two attached hydrogens (primary N) is 1. The minimum Gasteiger partial charge on any atom is -0.380 e. The Bertz CT molecular complexity index is 1030. The van der Waals surface area contributed by atoms with Crippen molar-refractivity contribution in [2.24, 2.45) is 5.73 Å². The maximum absolute atomic E-state index is 8.85. The fraction of sp³-hybridized carbons (Fsp3) is 0.389. The average Bonchev–Trinajstić information content (AvgIpc) is 3.15. The molecule has 29 heavy (non-hydrogen) atoms. The largest absolute Gasteiger partial charge is 0.380 e. The van der Waals surface area contributed by atoms with Crippen molar-refractivity contribution >= 4 is 28.7 Å². The highest BCUT2D eigenvalue weighted by molar-refractivity contribution is 7.14. The lowest BCUT2D eigenvalue weighted by Crippen LogP contribution is -2.35. The Hall–Kier alpha value is -3.23. The number of hydrogen-bond donors (Lipinski definition) is 3. The predicted molar refractivity (Wildman–Crippen MR) is 110 cm³/mol. The maximum atomic E-state index is 8.85. The van der Waals surface area contributed by atoms with Crippen molar-refractivity contribution in [3.05, 3.63) is 29.2 Å². The summed E-state index contributed by atoms with van der Waals surface area (Å²) in [5.74, 6) is 0.986. The number of hydrogen-bond acceptors (Lipinski definition) is 11. The van der Waals surface area contributed by atoms with Gasteiger partial charge in [-0.25, -0.2) is 9.97 Å². The van der Waals surface area contributed by atoms with Crippen LogP contribution in [0.25, 0.3) is 10.7 Å². The summed E-state index contributed by atoms with van der Waals surface area (Å²) < 4.78 is 0. The molecule has 3 aromatic heterocycles. The molecule has 1 aliphatic rings. The van der Waals surface area contributed by atoms with Crippen LogP contribution in [-0.4, -0.2) is 42.4 Å². The summed E-state index contributed by atoms with van der Waals surface area (Å²) in [4.78, 5) is 8.17. The molecular formula is C18H20N10S. The molecule has 0 amide bonds. The van der Waals surface area contributed by atoms with E-state index in [2.05, 4.69) is 41.0 Å². The Labute approximate surface area is 171 Å². The first-order valence-corrected chi connectivity index (χ1v) is 10.1. The van der Waals surface area contributed by atoms with Crippen molar-refractivity contribution < 1.29 is 0 Å². The van der Waals surface area contributed by atoms with E-state index in [0.717, 1.165) is 36.4 Å². The third-order valence-corrected chi connectivity index (χ3v) is 5.46. The van der Waals surface area contributed by atoms with E-state index >= 15 is 0 Å². The zero-order valence-corrected chi connectivity index (χ0v) is 16.6. The Kier molecular flexibility index (Phi) is 5.55. The number of nitrogens with one attached hydrogen (secondary N) is 2. The van der Waals surface area contributed by atoms with Gasteiger partial charge in [0.25, 0.3) is 0 Å². The second-order valence-electron chi connectivity index (χ2n) is 6.91. The van der Waals surface area contributed by atoms with Crippen LogP contribution in [0.2, 0.25) is 0 Å². The minimum absolute atomic E-state index is 0.204. The molecular weight excluding hydrogens is 388 g/mol. The van der Waals surface area contributed by atoms with Gasteiger partial charge in [-0.05, 0) is 32.6 Å². The average molecular weight is 408 g/mol. The molecule has 0 saturated heterocycles. The van der Waals surface area contributed by atoms with E-state index in [0.29, 0.717) is 22.3 Å². The summed E-state index contributed by atoms with van der Waals surface area (Å²) in [5.41, 5.74) is 7.88. The first-order chi connectivity index (χ1) is 14.1. The van der Waals surface area contributed by atoms with E-state index in [1.54, 1.807) is 0 Å². The predicted octanol–water partition coefficient (Wildman–Crippen LogP) is 2.39. The molecule has 4 N–H and O–H groups in total. The molecule has 3 aromatic rings. The quantitative estimate of drug-likeness (QED) is 0.574. The van der Waals surface area contributed by atoms with Crippen molar-refractivity contribution in [1.29, 1.82) is 5.26 Å². The summed E-state index contributed by atoms with van der Waals surface area (Å²) in [6.07, 6.45) is 6.98. The molecule has 2 unspecified atom stereocenters. The van der Waals surface area contributed by atoms with Crippen LogP contribution in [0, 0.1) is 18.3 Å². The maximum Gasteiger partial charge on any atom is 0.170 e. The highest BCUT2D eigenvalue weighted by atomic mass is 32.1. The van der Waals surface area contributed by atoms with Crippen molar-refractivity contribution in [3.63, 3.8) is 0 Å². The van der Waals surface area contributed by atoms with Crippen molar-refractivity contribution in [2.45, 2.75) is 44.7 Å². The number of aryl methyl sites for hydroxylation is 1. The molecule has 10 nitrogen and oxygen atoms in total. The summed E-state index contributed by atoms with van der Waals surface area (Å²) in [5, 5.41) is 34.0. The number of anilines is 3. The van der Waals surface area contributed by atoms with Crippen LogP contribution in [0.1, 0.15) is 36.4 Å². The highest BCUT2D eigenvalue weighted by Gasteiger charge is 2.22. The van der Waals surface area contributed by atoms with Gasteiger partial charge in [-0.15, -0.1) is 20.4 Å². The summed E-state index contributed by atoms with van der Waals surface area (Å²) >= 11 is 1.47. The molecule has 0 radical (unpaired) electrons. The Morgan fingerprint density at radius 1 is 1.14 bits per heavy atom. The monoisotopic (exact) mass is 408 g/mol. The van der Waals surface area contributed by atoms with Gasteiger partial charge in [-0.3, -0.25) is 0 Å². The zero-order valence-electron chi connectivity index (χ0n) is 15.8. The van der Waals surface area contributed by atoms with Crippen LogP contribution >= 0.6 is 11.3 Å². The van der Waals surface area contributed by atoms with E-state index in [-0.39, 0.29) is 17.8 Å². The van der Waals surface area contributed by atoms with E-state index in [1.165, 1.54) is 23.7 Å². The second kappa shape index (κ2) is 8.42. The van der Waals surface area contributed by atoms with Gasteiger partial charge in [0.05, 0.1) is 18.1 Å². The molecule has 11 heteroatoms. The van der Waals surface area contributed by atoms with Crippen LogP contribution in [0.5, 0.6) is 0 Å². The van der Waals surface area contributed by atoms with Crippen LogP contribution in [0.4, 0.5) is 17.3 Å². The van der Waals surface area contributed by atoms with Crippen molar-refractivity contribution in [3.8, 4) is 16.8 Å². The lowest BCUT2D eigenvalue weighted by Gasteiger charge is -2.28. The highest BCUT2D eigenvalue weighted by Crippen LogP contribution is 2.32. The van der Waals surface area contributed by atoms with Crippen molar-refractivity contribution in [2.75, 3.05) is 10.6 Å². The standard InChI is InChI=1S/C18H20N10S/c1-10-25-28-18(29-10)17-14(23-12-4-2-3-11(20)5-12)6-15(26-27-17)24-16-9-21-13(7-19)8-22-16/h6,8-9,11-12H,2-5,20H2,1H3,(H2,22,23,24,26). The van der Waals surface area contributed by atoms with Gasteiger partial charge in [0, 0.05) is 18.2 Å². The van der Waals surface area contributed by atoms with E-state index in [1.807, 2.05) is 19.1 Å². The molecule has 0 bridgehead atoms. The molecule has 0 spiro atoms. The molecule has 3 heterocycles. The summed E-state index contributed by atoms with van der Waals surface area (Å²) in [7, 11) is 0. The number of aromatic nitrogens is 6. The van der Waals surface area contributed by atoms with Gasteiger partial charge < -0.3 is 16.4 Å². The zero-order chi connectivity index (χ0) is 20.2. The van der Waals surface area contributed by atoms with Gasteiger partial charge in [0.2, 0.25) is 0 Å². The number of nitrogens with zero attached hydrogens (tertiary/aromatic N) is 7. The molecule has 148 valence electrons. The molecule has 1 saturated carbocycles. The van der Waals surface area contributed by atoms with Gasteiger partial charge in [-0.1, -0.05) is 11.3 Å². The first kappa shape index (κ1) is 19.1. The first-order valence-electron chi connectivity index (χ1n) is 9.30. The molecule has 0 aliphatic heterocycles. The minimum atomic E-state index is 0.204. The second-order valence-corrected chi connectivity index (χ2v) is 8.09. The fourth-order valence-corrected chi connectivity index (χ4v) is 3.96. The number of nitriles is 1. The molecule has 0 aromatic carbocycles. The van der Waals surface area contributed by atoms with E-state index in [9.17, 15) is 0 Å². The molecule has 1 aliphatic carbocycles. The van der Waals surface area contributed by atoms with Crippen molar-refractivity contribution in [1.82, 2.24) is 30.4 Å². The molecule has 4 rings (SSSR count). The van der Waals surface area contributed by atoms with Crippen LogP contribution < -0.4 is 16.4 Å². The van der Waals surface area contributed by atoms with E-state index in [4.69, 9.17) is 11.0 Å². The molecule has 2 atom stereocenters. The number of rotatable bonds is 5. The SMILES string of the molecule is Cc1nnc(-c2nnc(Nc3cnc(C#N)cn3)cc2NC2CCCC(N)C2)s1. The van der Waals surface area contributed by atoms with Gasteiger partial charge in [-0.2, -0.15) is 5.26 Å². The van der Waals surface area contributed by atoms with Gasteiger partial charge in [0.1, 0.15) is 22.6 Å². The summed E-state index contributed by atoms with van der Waals surface area (Å²) in [6.45, 7) is 1.90. The third kappa shape index (κ3) is 4.61. The summed E-state index contributed by atoms with van der Waals surface area (Å²) in [6, 6.07) is 4.28. The Morgan fingerprint density at radius 2 is 2.03 bits per heavy atom. The lowest BCUT2D eigenvalue weighted by molar-refractivity contribution is 0.409. The normalized spacial score (nSPS) is 18.8. The topological polar surface area (TPSA) is 151 Å².